The highest BCUT2D eigenvalue weighted by Crippen LogP contribution is 2.17. The quantitative estimate of drug-likeness (QED) is 0.327. The Hall–Kier alpha value is -1.60. The van der Waals surface area contributed by atoms with E-state index in [1.165, 1.54) is 11.1 Å². The predicted octanol–water partition coefficient (Wildman–Crippen LogP) is 4.63. The lowest BCUT2D eigenvalue weighted by molar-refractivity contribution is 0.198. The number of nitrogens with zero attached hydrogens (tertiary/aromatic N) is 2. The minimum atomic E-state index is 0. The second-order valence-electron chi connectivity index (χ2n) is 7.78. The average Bonchev–Trinajstić information content (AvgIpc) is 2.75. The molecule has 1 atom stereocenters. The first-order chi connectivity index (χ1) is 13.7. The Morgan fingerprint density at radius 3 is 2.28 bits per heavy atom. The molecule has 5 heteroatoms. The second kappa shape index (κ2) is 12.9. The maximum Gasteiger partial charge on any atom is 0.191 e. The van der Waals surface area contributed by atoms with Gasteiger partial charge in [0.25, 0.3) is 0 Å². The molecule has 1 aliphatic rings. The molecule has 29 heavy (non-hydrogen) atoms. The molecule has 3 rings (SSSR count). The van der Waals surface area contributed by atoms with Crippen molar-refractivity contribution in [1.29, 1.82) is 0 Å². The largest absolute Gasteiger partial charge is 0.356 e. The first-order valence-electron chi connectivity index (χ1n) is 10.5. The molecular weight excluding hydrogens is 471 g/mol. The van der Waals surface area contributed by atoms with E-state index in [1.807, 2.05) is 7.05 Å². The van der Waals surface area contributed by atoms with Gasteiger partial charge in [-0.25, -0.2) is 0 Å². The maximum atomic E-state index is 4.42. The highest BCUT2D eigenvalue weighted by atomic mass is 127. The number of nitrogens with one attached hydrogen (secondary N) is 2. The van der Waals surface area contributed by atoms with Gasteiger partial charge in [0, 0.05) is 39.3 Å². The van der Waals surface area contributed by atoms with Gasteiger partial charge in [-0.2, -0.15) is 0 Å². The number of hydrogen-bond acceptors (Lipinski definition) is 2. The normalized spacial score (nSPS) is 16.7. The van der Waals surface area contributed by atoms with Crippen LogP contribution in [0.1, 0.15) is 43.2 Å². The van der Waals surface area contributed by atoms with Crippen molar-refractivity contribution in [2.75, 3.05) is 26.7 Å². The minimum absolute atomic E-state index is 0. The third-order valence-corrected chi connectivity index (χ3v) is 5.64. The van der Waals surface area contributed by atoms with Crippen LogP contribution in [-0.4, -0.2) is 43.6 Å². The first kappa shape index (κ1) is 23.7. The summed E-state index contributed by atoms with van der Waals surface area (Å²) >= 11 is 0. The maximum absolute atomic E-state index is 4.42. The third kappa shape index (κ3) is 7.97. The summed E-state index contributed by atoms with van der Waals surface area (Å²) in [5.41, 5.74) is 2.80. The summed E-state index contributed by atoms with van der Waals surface area (Å²) in [5, 5.41) is 7.11. The summed E-state index contributed by atoms with van der Waals surface area (Å²) in [7, 11) is 1.86. The fourth-order valence-electron chi connectivity index (χ4n) is 3.82. The average molecular weight is 506 g/mol. The molecule has 2 aromatic carbocycles. The van der Waals surface area contributed by atoms with Crippen molar-refractivity contribution in [1.82, 2.24) is 15.5 Å². The molecule has 4 nitrogen and oxygen atoms in total. The highest BCUT2D eigenvalue weighted by molar-refractivity contribution is 14.0. The van der Waals surface area contributed by atoms with E-state index in [4.69, 9.17) is 0 Å². The van der Waals surface area contributed by atoms with Gasteiger partial charge in [0.05, 0.1) is 0 Å². The molecule has 1 fully saturated rings. The second-order valence-corrected chi connectivity index (χ2v) is 7.78. The van der Waals surface area contributed by atoms with Crippen molar-refractivity contribution in [3.05, 3.63) is 71.8 Å². The van der Waals surface area contributed by atoms with Crippen molar-refractivity contribution in [3.63, 3.8) is 0 Å². The van der Waals surface area contributed by atoms with E-state index in [0.29, 0.717) is 12.0 Å². The lowest BCUT2D eigenvalue weighted by Crippen LogP contribution is -2.48. The number of hydrogen-bond donors (Lipinski definition) is 2. The van der Waals surface area contributed by atoms with Crippen LogP contribution in [0.5, 0.6) is 0 Å². The molecule has 0 amide bonds. The lowest BCUT2D eigenvalue weighted by atomic mass is 9.98. The van der Waals surface area contributed by atoms with Gasteiger partial charge in [-0.1, -0.05) is 67.6 Å². The Morgan fingerprint density at radius 1 is 1.03 bits per heavy atom. The summed E-state index contributed by atoms with van der Waals surface area (Å²) in [6.45, 7) is 6.54. The van der Waals surface area contributed by atoms with Gasteiger partial charge in [0.2, 0.25) is 0 Å². The van der Waals surface area contributed by atoms with Gasteiger partial charge in [0.1, 0.15) is 0 Å². The predicted molar refractivity (Wildman–Crippen MR) is 134 cm³/mol. The molecule has 1 saturated heterocycles. The van der Waals surface area contributed by atoms with Gasteiger partial charge in [-0.05, 0) is 36.3 Å². The van der Waals surface area contributed by atoms with Crippen LogP contribution in [0.25, 0.3) is 0 Å². The van der Waals surface area contributed by atoms with E-state index in [0.717, 1.165) is 51.4 Å². The van der Waals surface area contributed by atoms with E-state index >= 15 is 0 Å². The van der Waals surface area contributed by atoms with E-state index in [9.17, 15) is 0 Å². The number of aliphatic imine (C=N–C) groups is 1. The van der Waals surface area contributed by atoms with Gasteiger partial charge >= 0.3 is 0 Å². The van der Waals surface area contributed by atoms with Gasteiger partial charge in [0.15, 0.2) is 5.96 Å². The van der Waals surface area contributed by atoms with E-state index in [-0.39, 0.29) is 24.0 Å². The zero-order valence-corrected chi connectivity index (χ0v) is 20.0. The highest BCUT2D eigenvalue weighted by Gasteiger charge is 2.20. The van der Waals surface area contributed by atoms with Crippen LogP contribution >= 0.6 is 24.0 Å². The number of guanidine groups is 1. The van der Waals surface area contributed by atoms with Crippen LogP contribution in [0.4, 0.5) is 0 Å². The smallest absolute Gasteiger partial charge is 0.191 e. The van der Waals surface area contributed by atoms with E-state index in [2.05, 4.69) is 88.1 Å². The third-order valence-electron chi connectivity index (χ3n) is 5.64. The Kier molecular flexibility index (Phi) is 10.5. The minimum Gasteiger partial charge on any atom is -0.356 e. The van der Waals surface area contributed by atoms with Crippen molar-refractivity contribution < 1.29 is 0 Å². The van der Waals surface area contributed by atoms with Gasteiger partial charge < -0.3 is 10.6 Å². The molecule has 0 aromatic heterocycles. The Bertz CT molecular complexity index is 712. The fraction of sp³-hybridized carbons (Fsp3) is 0.458. The number of piperidine rings is 1. The van der Waals surface area contributed by atoms with Crippen molar-refractivity contribution in [2.45, 2.75) is 44.7 Å². The topological polar surface area (TPSA) is 39.7 Å². The molecule has 158 valence electrons. The standard InChI is InChI=1S/C24H34N4.HI/c1-20(22-11-7-4-8-12-22)13-16-26-24(25-2)27-23-14-17-28(18-15-23)19-21-9-5-3-6-10-21;/h3-12,20,23H,13-19H2,1-2H3,(H2,25,26,27);1H. The summed E-state index contributed by atoms with van der Waals surface area (Å²) < 4.78 is 0. The van der Waals surface area contributed by atoms with Crippen molar-refractivity contribution >= 4 is 29.9 Å². The molecule has 0 spiro atoms. The van der Waals surface area contributed by atoms with Crippen molar-refractivity contribution in [2.24, 2.45) is 4.99 Å². The summed E-state index contributed by atoms with van der Waals surface area (Å²) in [6, 6.07) is 22.0. The molecule has 1 aliphatic heterocycles. The zero-order chi connectivity index (χ0) is 19.6. The molecule has 2 aromatic rings. The van der Waals surface area contributed by atoms with Gasteiger partial charge in [-0.3, -0.25) is 9.89 Å². The summed E-state index contributed by atoms with van der Waals surface area (Å²) in [6.07, 6.45) is 3.42. The number of rotatable bonds is 7. The van der Waals surface area contributed by atoms with E-state index < -0.39 is 0 Å². The van der Waals surface area contributed by atoms with Crippen LogP contribution in [0, 0.1) is 0 Å². The number of likely N-dealkylation sites (tertiary alicyclic amines) is 1. The molecule has 1 heterocycles. The monoisotopic (exact) mass is 506 g/mol. The Morgan fingerprint density at radius 2 is 1.66 bits per heavy atom. The zero-order valence-electron chi connectivity index (χ0n) is 17.7. The van der Waals surface area contributed by atoms with Crippen LogP contribution in [0.3, 0.4) is 0 Å². The van der Waals surface area contributed by atoms with Crippen LogP contribution in [0.15, 0.2) is 65.7 Å². The molecule has 2 N–H and O–H groups in total. The van der Waals surface area contributed by atoms with Crippen LogP contribution in [0.2, 0.25) is 0 Å². The lowest BCUT2D eigenvalue weighted by Gasteiger charge is -2.33. The molecule has 0 aliphatic carbocycles. The number of benzene rings is 2. The molecule has 0 radical (unpaired) electrons. The molecule has 1 unspecified atom stereocenters. The molecular formula is C24H35IN4. The Balaban J connectivity index is 0.00000300. The van der Waals surface area contributed by atoms with Crippen molar-refractivity contribution in [3.8, 4) is 0 Å². The molecule has 0 bridgehead atoms. The Labute approximate surface area is 193 Å². The van der Waals surface area contributed by atoms with Gasteiger partial charge in [-0.15, -0.1) is 24.0 Å². The number of halogens is 1. The first-order valence-corrected chi connectivity index (χ1v) is 10.5. The van der Waals surface area contributed by atoms with E-state index in [1.54, 1.807) is 0 Å². The summed E-state index contributed by atoms with van der Waals surface area (Å²) in [4.78, 5) is 6.97. The van der Waals surface area contributed by atoms with Crippen LogP contribution in [-0.2, 0) is 6.54 Å². The SMILES string of the molecule is CN=C(NCCC(C)c1ccccc1)NC1CCN(Cc2ccccc2)CC1.I. The molecule has 0 saturated carbocycles. The summed E-state index contributed by atoms with van der Waals surface area (Å²) in [5.74, 6) is 1.48. The van der Waals surface area contributed by atoms with Crippen LogP contribution < -0.4 is 10.6 Å². The fourth-order valence-corrected chi connectivity index (χ4v) is 3.82.